The van der Waals surface area contributed by atoms with Crippen LogP contribution in [0.15, 0.2) is 26.5 Å². The molecule has 14 heavy (non-hydrogen) atoms. The maximum absolute atomic E-state index is 11.4. The van der Waals surface area contributed by atoms with Gasteiger partial charge in [-0.25, -0.2) is 4.79 Å². The molecule has 2 heterocycles. The zero-order chi connectivity index (χ0) is 9.97. The molecule has 0 amide bonds. The molecule has 0 radical (unpaired) electrons. The molecule has 1 unspecified atom stereocenters. The van der Waals surface area contributed by atoms with Crippen LogP contribution in [0.25, 0.3) is 0 Å². The van der Waals surface area contributed by atoms with Crippen LogP contribution in [-0.2, 0) is 9.53 Å². The van der Waals surface area contributed by atoms with Gasteiger partial charge in [0.2, 0.25) is 0 Å². The van der Waals surface area contributed by atoms with Crippen molar-refractivity contribution >= 4 is 12.2 Å². The lowest BCUT2D eigenvalue weighted by molar-refractivity contribution is -0.138. The quantitative estimate of drug-likeness (QED) is 0.617. The first-order valence-electron chi connectivity index (χ1n) is 4.65. The highest BCUT2D eigenvalue weighted by Crippen LogP contribution is 2.26. The van der Waals surface area contributed by atoms with Crippen LogP contribution < -0.4 is 0 Å². The lowest BCUT2D eigenvalue weighted by Gasteiger charge is -2.10. The van der Waals surface area contributed by atoms with Crippen molar-refractivity contribution < 1.29 is 9.53 Å². The maximum atomic E-state index is 11.4. The third-order valence-electron chi connectivity index (χ3n) is 2.16. The Morgan fingerprint density at radius 2 is 2.57 bits per heavy atom. The number of nitrogens with zero attached hydrogens (tertiary/aromatic N) is 3. The molecule has 74 valence electrons. The van der Waals surface area contributed by atoms with Gasteiger partial charge in [-0.15, -0.1) is 5.11 Å². The predicted octanol–water partition coefficient (Wildman–Crippen LogP) is 1.11. The molecule has 0 bridgehead atoms. The van der Waals surface area contributed by atoms with Crippen LogP contribution in [0.4, 0.5) is 0 Å². The van der Waals surface area contributed by atoms with Crippen molar-refractivity contribution in [2.24, 2.45) is 15.2 Å². The molecule has 0 N–H and O–H groups in total. The molecule has 0 saturated carbocycles. The number of hydrogen-bond donors (Lipinski definition) is 0. The number of azo groups is 1. The van der Waals surface area contributed by atoms with Crippen molar-refractivity contribution in [2.45, 2.75) is 19.4 Å². The van der Waals surface area contributed by atoms with Gasteiger partial charge in [-0.1, -0.05) is 0 Å². The van der Waals surface area contributed by atoms with Gasteiger partial charge >= 0.3 is 5.97 Å². The molecule has 0 aromatic carbocycles. The molecule has 0 aromatic rings. The molecule has 0 saturated heterocycles. The Hall–Kier alpha value is -1.52. The Kier molecular flexibility index (Phi) is 2.39. The molecule has 0 spiro atoms. The zero-order valence-corrected chi connectivity index (χ0v) is 7.93. The summed E-state index contributed by atoms with van der Waals surface area (Å²) in [6, 6.07) is 0.0203. The van der Waals surface area contributed by atoms with Crippen molar-refractivity contribution in [3.63, 3.8) is 0 Å². The van der Waals surface area contributed by atoms with E-state index in [2.05, 4.69) is 15.2 Å². The fourth-order valence-electron chi connectivity index (χ4n) is 1.48. The third-order valence-corrected chi connectivity index (χ3v) is 2.16. The van der Waals surface area contributed by atoms with E-state index in [1.807, 2.05) is 0 Å². The van der Waals surface area contributed by atoms with Crippen molar-refractivity contribution in [1.29, 1.82) is 0 Å². The molecule has 5 heteroatoms. The first-order valence-corrected chi connectivity index (χ1v) is 4.65. The number of aliphatic imine (C=N–C) groups is 1. The van der Waals surface area contributed by atoms with E-state index in [-0.39, 0.29) is 6.04 Å². The lowest BCUT2D eigenvalue weighted by Crippen LogP contribution is -2.16. The number of esters is 1. The minimum atomic E-state index is -0.401. The first-order chi connectivity index (χ1) is 6.83. The topological polar surface area (TPSA) is 63.4 Å². The van der Waals surface area contributed by atoms with E-state index in [1.54, 1.807) is 13.1 Å². The van der Waals surface area contributed by atoms with Gasteiger partial charge < -0.3 is 4.74 Å². The maximum Gasteiger partial charge on any atom is 0.359 e. The Bertz CT molecular complexity index is 344. The van der Waals surface area contributed by atoms with Gasteiger partial charge in [-0.2, -0.15) is 5.11 Å². The average molecular weight is 193 g/mol. The molecule has 1 atom stereocenters. The van der Waals surface area contributed by atoms with E-state index in [0.717, 1.165) is 18.5 Å². The van der Waals surface area contributed by atoms with Crippen LogP contribution in [0.5, 0.6) is 0 Å². The summed E-state index contributed by atoms with van der Waals surface area (Å²) in [5.41, 5.74) is 1.12. The van der Waals surface area contributed by atoms with Gasteiger partial charge in [-0.3, -0.25) is 4.99 Å². The van der Waals surface area contributed by atoms with Crippen LogP contribution >= 0.6 is 0 Å². The van der Waals surface area contributed by atoms with E-state index in [0.29, 0.717) is 12.3 Å². The molecule has 0 fully saturated rings. The number of carbonyl (C=O) groups excluding carboxylic acids is 1. The van der Waals surface area contributed by atoms with E-state index in [9.17, 15) is 4.79 Å². The number of hydrogen-bond acceptors (Lipinski definition) is 5. The molecule has 0 aromatic heterocycles. The summed E-state index contributed by atoms with van der Waals surface area (Å²) in [6.45, 7) is 2.87. The minimum Gasteiger partial charge on any atom is -0.461 e. The third kappa shape index (κ3) is 1.45. The molecule has 5 nitrogen and oxygen atoms in total. The van der Waals surface area contributed by atoms with Crippen LogP contribution in [0.1, 0.15) is 13.3 Å². The largest absolute Gasteiger partial charge is 0.461 e. The minimum absolute atomic E-state index is 0.0203. The van der Waals surface area contributed by atoms with Crippen molar-refractivity contribution in [1.82, 2.24) is 0 Å². The monoisotopic (exact) mass is 193 g/mol. The number of rotatable bonds is 2. The standard InChI is InChI=1S/C9H11N3O2/c1-2-14-9(13)8-6-5-10-4-3-7(6)11-12-8/h5,7H,2-4H2,1H3. The Morgan fingerprint density at radius 3 is 3.36 bits per heavy atom. The summed E-state index contributed by atoms with van der Waals surface area (Å²) in [7, 11) is 0. The highest BCUT2D eigenvalue weighted by Gasteiger charge is 2.29. The van der Waals surface area contributed by atoms with Gasteiger partial charge in [0.1, 0.15) is 6.04 Å². The predicted molar refractivity (Wildman–Crippen MR) is 50.3 cm³/mol. The highest BCUT2D eigenvalue weighted by molar-refractivity contribution is 5.98. The van der Waals surface area contributed by atoms with Gasteiger partial charge in [0.05, 0.1) is 6.61 Å². The number of ether oxygens (including phenoxy) is 1. The summed E-state index contributed by atoms with van der Waals surface area (Å²) in [6.07, 6.45) is 2.51. The summed E-state index contributed by atoms with van der Waals surface area (Å²) < 4.78 is 4.86. The summed E-state index contributed by atoms with van der Waals surface area (Å²) in [5.74, 6) is -0.401. The Labute approximate surface area is 81.6 Å². The zero-order valence-electron chi connectivity index (χ0n) is 7.93. The van der Waals surface area contributed by atoms with Gasteiger partial charge in [0.25, 0.3) is 0 Å². The molecule has 2 aliphatic rings. The lowest BCUT2D eigenvalue weighted by atomic mass is 10.0. The highest BCUT2D eigenvalue weighted by atomic mass is 16.5. The van der Waals surface area contributed by atoms with Crippen molar-refractivity contribution in [3.8, 4) is 0 Å². The Balaban J connectivity index is 2.25. The van der Waals surface area contributed by atoms with Crippen LogP contribution in [-0.4, -0.2) is 31.4 Å². The molecule has 0 aliphatic carbocycles. The van der Waals surface area contributed by atoms with Crippen molar-refractivity contribution in [3.05, 3.63) is 11.3 Å². The second-order valence-corrected chi connectivity index (χ2v) is 3.08. The molecular formula is C9H11N3O2. The second kappa shape index (κ2) is 3.69. The first kappa shape index (κ1) is 9.05. The Morgan fingerprint density at radius 1 is 1.71 bits per heavy atom. The molecule has 2 aliphatic heterocycles. The number of carbonyl (C=O) groups is 1. The van der Waals surface area contributed by atoms with Crippen LogP contribution in [0.2, 0.25) is 0 Å². The van der Waals surface area contributed by atoms with Gasteiger partial charge in [0, 0.05) is 18.3 Å². The normalized spacial score (nSPS) is 23.9. The fourth-order valence-corrected chi connectivity index (χ4v) is 1.48. The van der Waals surface area contributed by atoms with Crippen molar-refractivity contribution in [2.75, 3.05) is 13.2 Å². The summed E-state index contributed by atoms with van der Waals surface area (Å²) >= 11 is 0. The average Bonchev–Trinajstić information content (AvgIpc) is 2.61. The fraction of sp³-hybridized carbons (Fsp3) is 0.556. The van der Waals surface area contributed by atoms with Crippen LogP contribution in [0.3, 0.4) is 0 Å². The summed E-state index contributed by atoms with van der Waals surface area (Å²) in [4.78, 5) is 15.5. The second-order valence-electron chi connectivity index (χ2n) is 3.08. The molecular weight excluding hydrogens is 182 g/mol. The van der Waals surface area contributed by atoms with Crippen LogP contribution in [0, 0.1) is 0 Å². The van der Waals surface area contributed by atoms with E-state index in [4.69, 9.17) is 4.74 Å². The van der Waals surface area contributed by atoms with Gasteiger partial charge in [-0.05, 0) is 13.3 Å². The smallest absolute Gasteiger partial charge is 0.359 e. The molecule has 2 rings (SSSR count). The summed E-state index contributed by atoms with van der Waals surface area (Å²) in [5, 5.41) is 7.84. The number of fused-ring (bicyclic) bond motifs is 1. The SMILES string of the molecule is CCOC(=O)C1=C2C=NCCC2N=N1. The van der Waals surface area contributed by atoms with E-state index in [1.165, 1.54) is 0 Å². The van der Waals surface area contributed by atoms with Gasteiger partial charge in [0.15, 0.2) is 5.70 Å². The van der Waals surface area contributed by atoms with E-state index >= 15 is 0 Å². The van der Waals surface area contributed by atoms with E-state index < -0.39 is 5.97 Å².